The molecule has 0 radical (unpaired) electrons. The number of hydrogen-bond acceptors (Lipinski definition) is 10. The Hall–Kier alpha value is -1.94. The summed E-state index contributed by atoms with van der Waals surface area (Å²) in [6.07, 6.45) is -1.94. The SMILES string of the molecule is CC(C)(COC(=O)OOC(C)(C)C)/N=N/C(C)(C)COC(=O)OOC(C)(C)C. The molecular weight excluding hydrogens is 372 g/mol. The maximum Gasteiger partial charge on any atom is 0.540 e. The minimum Gasteiger partial charge on any atom is -0.430 e. The van der Waals surface area contributed by atoms with Crippen molar-refractivity contribution in [2.24, 2.45) is 10.2 Å². The Bertz CT molecular complexity index is 497. The zero-order valence-corrected chi connectivity index (χ0v) is 18.6. The predicted molar refractivity (Wildman–Crippen MR) is 99.6 cm³/mol. The second-order valence-corrected chi connectivity index (χ2v) is 9.46. The van der Waals surface area contributed by atoms with E-state index in [9.17, 15) is 9.59 Å². The van der Waals surface area contributed by atoms with Gasteiger partial charge in [-0.15, -0.1) is 0 Å². The van der Waals surface area contributed by atoms with Crippen LogP contribution in [0.3, 0.4) is 0 Å². The second kappa shape index (κ2) is 10.0. The third-order valence-electron chi connectivity index (χ3n) is 2.40. The van der Waals surface area contributed by atoms with Crippen LogP contribution in [-0.4, -0.2) is 47.8 Å². The quantitative estimate of drug-likeness (QED) is 0.245. The number of ether oxygens (including phenoxy) is 2. The number of carbonyl (C=O) groups excluding carboxylic acids is 2. The molecule has 10 heteroatoms. The van der Waals surface area contributed by atoms with E-state index >= 15 is 0 Å². The fourth-order valence-corrected chi connectivity index (χ4v) is 1.17. The number of carbonyl (C=O) groups is 2. The highest BCUT2D eigenvalue weighted by molar-refractivity contribution is 5.59. The molecule has 0 saturated carbocycles. The Labute approximate surface area is 166 Å². The van der Waals surface area contributed by atoms with Crippen LogP contribution in [-0.2, 0) is 29.0 Å². The molecule has 0 fully saturated rings. The topological polar surface area (TPSA) is 114 Å². The third kappa shape index (κ3) is 15.2. The molecule has 10 nitrogen and oxygen atoms in total. The first-order valence-electron chi connectivity index (χ1n) is 8.90. The minimum atomic E-state index is -0.970. The zero-order chi connectivity index (χ0) is 22.2. The molecule has 0 spiro atoms. The highest BCUT2D eigenvalue weighted by atomic mass is 17.2. The molecule has 164 valence electrons. The molecule has 0 saturated heterocycles. The number of nitrogens with zero attached hydrogens (tertiary/aromatic N) is 2. The lowest BCUT2D eigenvalue weighted by molar-refractivity contribution is -0.312. The zero-order valence-electron chi connectivity index (χ0n) is 18.6. The van der Waals surface area contributed by atoms with Crippen LogP contribution < -0.4 is 0 Å². The van der Waals surface area contributed by atoms with E-state index < -0.39 is 34.6 Å². The van der Waals surface area contributed by atoms with E-state index in [0.717, 1.165) is 0 Å². The van der Waals surface area contributed by atoms with Crippen molar-refractivity contribution in [3.8, 4) is 0 Å². The largest absolute Gasteiger partial charge is 0.540 e. The van der Waals surface area contributed by atoms with Gasteiger partial charge in [0.05, 0.1) is 0 Å². The molecular formula is C18H34N2O8. The van der Waals surface area contributed by atoms with Gasteiger partial charge < -0.3 is 9.47 Å². The van der Waals surface area contributed by atoms with Gasteiger partial charge in [-0.3, -0.25) is 9.78 Å². The van der Waals surface area contributed by atoms with Crippen LogP contribution in [0.2, 0.25) is 0 Å². The maximum atomic E-state index is 11.5. The molecule has 0 heterocycles. The van der Waals surface area contributed by atoms with Crippen LogP contribution in [0.25, 0.3) is 0 Å². The van der Waals surface area contributed by atoms with Crippen molar-refractivity contribution >= 4 is 12.3 Å². The summed E-state index contributed by atoms with van der Waals surface area (Å²) in [5, 5.41) is 8.32. The summed E-state index contributed by atoms with van der Waals surface area (Å²) in [6, 6.07) is 0. The summed E-state index contributed by atoms with van der Waals surface area (Å²) < 4.78 is 9.94. The van der Waals surface area contributed by atoms with Crippen molar-refractivity contribution in [2.75, 3.05) is 13.2 Å². The van der Waals surface area contributed by atoms with Crippen LogP contribution in [0.4, 0.5) is 9.59 Å². The second-order valence-electron chi connectivity index (χ2n) is 9.46. The normalized spacial score (nSPS) is 13.4. The Morgan fingerprint density at radius 1 is 0.607 bits per heavy atom. The maximum absolute atomic E-state index is 11.5. The molecule has 0 aliphatic carbocycles. The minimum absolute atomic E-state index is 0.0821. The van der Waals surface area contributed by atoms with Crippen LogP contribution >= 0.6 is 0 Å². The van der Waals surface area contributed by atoms with E-state index in [4.69, 9.17) is 19.2 Å². The van der Waals surface area contributed by atoms with Crippen molar-refractivity contribution in [3.05, 3.63) is 0 Å². The Morgan fingerprint density at radius 2 is 0.893 bits per heavy atom. The average Bonchev–Trinajstić information content (AvgIpc) is 2.52. The lowest BCUT2D eigenvalue weighted by Gasteiger charge is -2.23. The summed E-state index contributed by atoms with van der Waals surface area (Å²) in [5.74, 6) is 0. The van der Waals surface area contributed by atoms with Gasteiger partial charge in [0, 0.05) is 0 Å². The van der Waals surface area contributed by atoms with E-state index in [2.05, 4.69) is 20.0 Å². The van der Waals surface area contributed by atoms with E-state index in [-0.39, 0.29) is 13.2 Å². The Morgan fingerprint density at radius 3 is 1.14 bits per heavy atom. The first kappa shape index (κ1) is 26.1. The summed E-state index contributed by atoms with van der Waals surface area (Å²) in [7, 11) is 0. The fourth-order valence-electron chi connectivity index (χ4n) is 1.17. The van der Waals surface area contributed by atoms with E-state index in [1.807, 2.05) is 0 Å². The average molecular weight is 406 g/mol. The van der Waals surface area contributed by atoms with Crippen LogP contribution in [0.5, 0.6) is 0 Å². The van der Waals surface area contributed by atoms with Crippen LogP contribution in [0.15, 0.2) is 10.2 Å². The van der Waals surface area contributed by atoms with Crippen molar-refractivity contribution in [1.29, 1.82) is 0 Å². The van der Waals surface area contributed by atoms with Gasteiger partial charge in [-0.1, -0.05) is 0 Å². The van der Waals surface area contributed by atoms with Crippen LogP contribution in [0, 0.1) is 0 Å². The molecule has 0 aromatic carbocycles. The van der Waals surface area contributed by atoms with Crippen LogP contribution in [0.1, 0.15) is 69.2 Å². The van der Waals surface area contributed by atoms with Crippen molar-refractivity contribution in [2.45, 2.75) is 91.5 Å². The lowest BCUT2D eigenvalue weighted by atomic mass is 10.1. The molecule has 0 aliphatic heterocycles. The molecule has 0 bridgehead atoms. The molecule has 0 N–H and O–H groups in total. The van der Waals surface area contributed by atoms with Gasteiger partial charge in [-0.2, -0.15) is 20.0 Å². The Balaban J connectivity index is 4.44. The smallest absolute Gasteiger partial charge is 0.430 e. The fraction of sp³-hybridized carbons (Fsp3) is 0.889. The third-order valence-corrected chi connectivity index (χ3v) is 2.40. The number of azo groups is 1. The summed E-state index contributed by atoms with van der Waals surface area (Å²) >= 11 is 0. The molecule has 0 aromatic rings. The van der Waals surface area contributed by atoms with E-state index in [1.165, 1.54) is 0 Å². The number of rotatable bonds is 8. The van der Waals surface area contributed by atoms with Crippen molar-refractivity contribution in [1.82, 2.24) is 0 Å². The molecule has 0 aliphatic rings. The van der Waals surface area contributed by atoms with Crippen molar-refractivity contribution in [3.63, 3.8) is 0 Å². The summed E-state index contributed by atoms with van der Waals surface area (Å²) in [5.41, 5.74) is -2.93. The van der Waals surface area contributed by atoms with Gasteiger partial charge in [0.15, 0.2) is 0 Å². The van der Waals surface area contributed by atoms with Gasteiger partial charge in [-0.25, -0.2) is 9.59 Å². The highest BCUT2D eigenvalue weighted by Crippen LogP contribution is 2.18. The van der Waals surface area contributed by atoms with Gasteiger partial charge >= 0.3 is 12.3 Å². The molecule has 28 heavy (non-hydrogen) atoms. The Kier molecular flexibility index (Phi) is 9.32. The summed E-state index contributed by atoms with van der Waals surface area (Å²) in [6.45, 7) is 17.1. The van der Waals surface area contributed by atoms with Gasteiger partial charge in [0.1, 0.15) is 35.5 Å². The number of hydrogen-bond donors (Lipinski definition) is 0. The summed E-state index contributed by atoms with van der Waals surface area (Å²) in [4.78, 5) is 41.9. The first-order chi connectivity index (χ1) is 12.4. The predicted octanol–water partition coefficient (Wildman–Crippen LogP) is 4.76. The van der Waals surface area contributed by atoms with Gasteiger partial charge in [-0.05, 0) is 69.2 Å². The molecule has 0 unspecified atom stereocenters. The molecule has 0 atom stereocenters. The lowest BCUT2D eigenvalue weighted by Crippen LogP contribution is -2.31. The first-order valence-corrected chi connectivity index (χ1v) is 8.90. The van der Waals surface area contributed by atoms with E-state index in [0.29, 0.717) is 0 Å². The monoisotopic (exact) mass is 406 g/mol. The van der Waals surface area contributed by atoms with Gasteiger partial charge in [0.25, 0.3) is 0 Å². The molecule has 0 rings (SSSR count). The van der Waals surface area contributed by atoms with E-state index in [1.54, 1.807) is 69.2 Å². The highest BCUT2D eigenvalue weighted by Gasteiger charge is 2.26. The molecule has 0 aromatic heterocycles. The standard InChI is InChI=1S/C18H34N2O8/c1-15(2,3)27-25-13(21)23-11-17(7,8)19-20-18(9,10)12-24-14(22)26-28-16(4,5)6/h11-12H2,1-10H3/b20-19+. The van der Waals surface area contributed by atoms with Crippen molar-refractivity contribution < 1.29 is 38.6 Å². The van der Waals surface area contributed by atoms with Gasteiger partial charge in [0.2, 0.25) is 0 Å². The molecule has 0 amide bonds.